The van der Waals surface area contributed by atoms with Crippen molar-refractivity contribution in [2.75, 3.05) is 23.3 Å². The molecule has 0 atom stereocenters. The molecule has 0 saturated heterocycles. The van der Waals surface area contributed by atoms with Crippen LogP contribution in [-0.4, -0.2) is 34.1 Å². The second-order valence-electron chi connectivity index (χ2n) is 11.4. The lowest BCUT2D eigenvalue weighted by atomic mass is 9.71. The van der Waals surface area contributed by atoms with Crippen molar-refractivity contribution < 1.29 is 13.2 Å². The molecule has 5 nitrogen and oxygen atoms in total. The van der Waals surface area contributed by atoms with Gasteiger partial charge in [-0.15, -0.1) is 0 Å². The van der Waals surface area contributed by atoms with Crippen molar-refractivity contribution in [3.05, 3.63) is 41.0 Å². The standard InChI is InChI=1S/C27H38F3N5/c1-17(2)23-33-22-13-16-35(25-21(27(28,29)30)7-6-14-31-25)15-12-20(22)24(34-23)32-19-10-8-18(9-11-19)26(3,4)5/h6-7,14,17-19H,8-13,15-16H2,1-5H3,(H,32,33,34). The number of fused-ring (bicyclic) bond motifs is 1. The van der Waals surface area contributed by atoms with E-state index in [0.717, 1.165) is 47.7 Å². The summed E-state index contributed by atoms with van der Waals surface area (Å²) >= 11 is 0. The fourth-order valence-corrected chi connectivity index (χ4v) is 5.38. The van der Waals surface area contributed by atoms with Gasteiger partial charge >= 0.3 is 6.18 Å². The van der Waals surface area contributed by atoms with E-state index in [-0.39, 0.29) is 11.7 Å². The van der Waals surface area contributed by atoms with Gasteiger partial charge in [0.25, 0.3) is 0 Å². The zero-order valence-electron chi connectivity index (χ0n) is 21.5. The van der Waals surface area contributed by atoms with Gasteiger partial charge in [-0.1, -0.05) is 34.6 Å². The van der Waals surface area contributed by atoms with Gasteiger partial charge in [0.05, 0.1) is 11.3 Å². The molecular formula is C27H38F3N5. The molecule has 0 bridgehead atoms. The normalized spacial score (nSPS) is 21.6. The number of anilines is 2. The second kappa shape index (κ2) is 9.94. The number of halogens is 3. The van der Waals surface area contributed by atoms with E-state index in [4.69, 9.17) is 9.97 Å². The summed E-state index contributed by atoms with van der Waals surface area (Å²) in [6.07, 6.45) is 2.74. The molecule has 2 aliphatic rings. The molecule has 8 heteroatoms. The van der Waals surface area contributed by atoms with Crippen molar-refractivity contribution in [3.63, 3.8) is 0 Å². The minimum absolute atomic E-state index is 0.000130. The van der Waals surface area contributed by atoms with Gasteiger partial charge in [-0.25, -0.2) is 15.0 Å². The molecule has 2 aromatic heterocycles. The molecule has 0 aromatic carbocycles. The van der Waals surface area contributed by atoms with Crippen molar-refractivity contribution in [1.82, 2.24) is 15.0 Å². The summed E-state index contributed by atoms with van der Waals surface area (Å²) in [5.74, 6) is 2.56. The highest BCUT2D eigenvalue weighted by molar-refractivity contribution is 5.53. The Labute approximate surface area is 207 Å². The molecular weight excluding hydrogens is 451 g/mol. The van der Waals surface area contributed by atoms with Crippen LogP contribution in [0.1, 0.15) is 88.9 Å². The average molecular weight is 490 g/mol. The third kappa shape index (κ3) is 5.89. The van der Waals surface area contributed by atoms with Gasteiger partial charge in [0, 0.05) is 43.2 Å². The number of hydrogen-bond donors (Lipinski definition) is 1. The highest BCUT2D eigenvalue weighted by Crippen LogP contribution is 2.39. The van der Waals surface area contributed by atoms with Crippen LogP contribution in [0, 0.1) is 11.3 Å². The summed E-state index contributed by atoms with van der Waals surface area (Å²) in [5, 5.41) is 3.73. The maximum atomic E-state index is 13.6. The summed E-state index contributed by atoms with van der Waals surface area (Å²) in [6, 6.07) is 2.81. The van der Waals surface area contributed by atoms with Gasteiger partial charge in [-0.05, 0) is 55.6 Å². The van der Waals surface area contributed by atoms with E-state index in [1.54, 1.807) is 4.90 Å². The fourth-order valence-electron chi connectivity index (χ4n) is 5.38. The molecule has 0 radical (unpaired) electrons. The Hall–Kier alpha value is -2.38. The first-order valence-corrected chi connectivity index (χ1v) is 12.9. The van der Waals surface area contributed by atoms with Gasteiger partial charge in [0.1, 0.15) is 17.5 Å². The molecule has 1 aliphatic carbocycles. The van der Waals surface area contributed by atoms with Crippen LogP contribution >= 0.6 is 0 Å². The Kier molecular flexibility index (Phi) is 7.30. The summed E-state index contributed by atoms with van der Waals surface area (Å²) in [7, 11) is 0. The maximum Gasteiger partial charge on any atom is 0.419 e. The van der Waals surface area contributed by atoms with E-state index in [2.05, 4.69) is 44.9 Å². The zero-order valence-corrected chi connectivity index (χ0v) is 21.5. The summed E-state index contributed by atoms with van der Waals surface area (Å²) in [4.78, 5) is 15.6. The van der Waals surface area contributed by atoms with Gasteiger partial charge in [-0.2, -0.15) is 13.2 Å². The van der Waals surface area contributed by atoms with Crippen molar-refractivity contribution >= 4 is 11.6 Å². The number of hydrogen-bond acceptors (Lipinski definition) is 5. The first kappa shape index (κ1) is 25.7. The van der Waals surface area contributed by atoms with E-state index < -0.39 is 11.7 Å². The van der Waals surface area contributed by atoms with Gasteiger partial charge in [-0.3, -0.25) is 0 Å². The molecule has 3 heterocycles. The highest BCUT2D eigenvalue weighted by Gasteiger charge is 2.36. The van der Waals surface area contributed by atoms with Crippen molar-refractivity contribution in [1.29, 1.82) is 0 Å². The maximum absolute atomic E-state index is 13.6. The van der Waals surface area contributed by atoms with Gasteiger partial charge < -0.3 is 10.2 Å². The Morgan fingerprint density at radius 1 is 1.00 bits per heavy atom. The van der Waals surface area contributed by atoms with Crippen LogP contribution in [0.3, 0.4) is 0 Å². The summed E-state index contributed by atoms with van der Waals surface area (Å²) in [6.45, 7) is 12.0. The lowest BCUT2D eigenvalue weighted by Crippen LogP contribution is -2.32. The van der Waals surface area contributed by atoms with E-state index in [9.17, 15) is 13.2 Å². The molecule has 1 N–H and O–H groups in total. The Bertz CT molecular complexity index is 1020. The third-order valence-electron chi connectivity index (χ3n) is 7.56. The number of nitrogens with zero attached hydrogens (tertiary/aromatic N) is 4. The minimum atomic E-state index is -4.44. The molecule has 1 fully saturated rings. The van der Waals surface area contributed by atoms with E-state index in [1.165, 1.54) is 25.1 Å². The van der Waals surface area contributed by atoms with Gasteiger partial charge in [0.15, 0.2) is 0 Å². The Balaban J connectivity index is 1.57. The Morgan fingerprint density at radius 2 is 1.69 bits per heavy atom. The predicted octanol–water partition coefficient (Wildman–Crippen LogP) is 6.64. The molecule has 0 unspecified atom stereocenters. The number of rotatable bonds is 4. The van der Waals surface area contributed by atoms with E-state index >= 15 is 0 Å². The lowest BCUT2D eigenvalue weighted by Gasteiger charge is -2.37. The third-order valence-corrected chi connectivity index (χ3v) is 7.56. The topological polar surface area (TPSA) is 53.9 Å². The largest absolute Gasteiger partial charge is 0.419 e. The molecule has 2 aromatic rings. The quantitative estimate of drug-likeness (QED) is 0.522. The average Bonchev–Trinajstić information content (AvgIpc) is 3.01. The summed E-state index contributed by atoms with van der Waals surface area (Å²) in [5.41, 5.74) is 1.63. The van der Waals surface area contributed by atoms with Crippen LogP contribution in [0.4, 0.5) is 24.8 Å². The molecule has 0 amide bonds. The molecule has 4 rings (SSSR count). The molecule has 1 saturated carbocycles. The van der Waals surface area contributed by atoms with E-state index in [0.29, 0.717) is 37.4 Å². The highest BCUT2D eigenvalue weighted by atomic mass is 19.4. The van der Waals surface area contributed by atoms with Crippen LogP contribution in [0.5, 0.6) is 0 Å². The number of aromatic nitrogens is 3. The van der Waals surface area contributed by atoms with Crippen LogP contribution < -0.4 is 10.2 Å². The van der Waals surface area contributed by atoms with Crippen LogP contribution in [0.2, 0.25) is 0 Å². The number of nitrogens with one attached hydrogen (secondary N) is 1. The molecule has 0 spiro atoms. The van der Waals surface area contributed by atoms with Crippen LogP contribution in [0.15, 0.2) is 18.3 Å². The van der Waals surface area contributed by atoms with Crippen molar-refractivity contribution in [2.24, 2.45) is 11.3 Å². The first-order chi connectivity index (χ1) is 16.4. The lowest BCUT2D eigenvalue weighted by molar-refractivity contribution is -0.137. The predicted molar refractivity (Wildman–Crippen MR) is 134 cm³/mol. The minimum Gasteiger partial charge on any atom is -0.367 e. The van der Waals surface area contributed by atoms with Crippen molar-refractivity contribution in [2.45, 2.75) is 91.3 Å². The summed E-state index contributed by atoms with van der Waals surface area (Å²) < 4.78 is 40.9. The second-order valence-corrected chi connectivity index (χ2v) is 11.4. The number of alkyl halides is 3. The number of pyridine rings is 1. The van der Waals surface area contributed by atoms with Crippen molar-refractivity contribution in [3.8, 4) is 0 Å². The van der Waals surface area contributed by atoms with Crippen LogP contribution in [0.25, 0.3) is 0 Å². The zero-order chi connectivity index (χ0) is 25.4. The smallest absolute Gasteiger partial charge is 0.367 e. The van der Waals surface area contributed by atoms with E-state index in [1.807, 2.05) is 0 Å². The molecule has 35 heavy (non-hydrogen) atoms. The van der Waals surface area contributed by atoms with Gasteiger partial charge in [0.2, 0.25) is 0 Å². The molecule has 1 aliphatic heterocycles. The molecule has 192 valence electrons. The monoisotopic (exact) mass is 489 g/mol. The first-order valence-electron chi connectivity index (χ1n) is 12.9. The fraction of sp³-hybridized carbons (Fsp3) is 0.667. The van der Waals surface area contributed by atoms with Crippen LogP contribution in [-0.2, 0) is 19.0 Å². The Morgan fingerprint density at radius 3 is 2.31 bits per heavy atom. The SMILES string of the molecule is CC(C)c1nc2c(c(NC3CCC(C(C)(C)C)CC3)n1)CCN(c1ncccc1C(F)(F)F)CC2.